The zero-order valence-electron chi connectivity index (χ0n) is 9.98. The second kappa shape index (κ2) is 5.55. The van der Waals surface area contributed by atoms with Gasteiger partial charge in [0.2, 0.25) is 5.91 Å². The molecule has 17 heavy (non-hydrogen) atoms. The molecule has 4 nitrogen and oxygen atoms in total. The number of carbonyl (C=O) groups excluding carboxylic acids is 1. The zero-order valence-corrected chi connectivity index (χ0v) is 10.8. The first-order chi connectivity index (χ1) is 7.83. The number of hydrogen-bond acceptors (Lipinski definition) is 3. The van der Waals surface area contributed by atoms with Crippen LogP contribution in [0.3, 0.4) is 0 Å². The fourth-order valence-electron chi connectivity index (χ4n) is 3.17. The van der Waals surface area contributed by atoms with Crippen molar-refractivity contribution in [2.45, 2.75) is 50.4 Å². The Morgan fingerprint density at radius 3 is 2.76 bits per heavy atom. The number of carbonyl (C=O) groups is 1. The molecule has 3 aliphatic heterocycles. The third kappa shape index (κ3) is 2.75. The maximum atomic E-state index is 12.0. The van der Waals surface area contributed by atoms with E-state index in [-0.39, 0.29) is 30.3 Å². The number of amides is 1. The van der Waals surface area contributed by atoms with Crippen molar-refractivity contribution in [3.63, 3.8) is 0 Å². The molecule has 1 amide bonds. The number of piperidine rings is 1. The van der Waals surface area contributed by atoms with Gasteiger partial charge < -0.3 is 15.4 Å². The first-order valence-electron chi connectivity index (χ1n) is 6.49. The predicted octanol–water partition coefficient (Wildman–Crippen LogP) is 0.844. The van der Waals surface area contributed by atoms with Gasteiger partial charge in [-0.1, -0.05) is 0 Å². The first-order valence-corrected chi connectivity index (χ1v) is 6.49. The van der Waals surface area contributed by atoms with Crippen LogP contribution < -0.4 is 10.6 Å². The van der Waals surface area contributed by atoms with Gasteiger partial charge in [0.1, 0.15) is 0 Å². The van der Waals surface area contributed by atoms with E-state index in [2.05, 4.69) is 10.6 Å². The molecule has 5 heteroatoms. The van der Waals surface area contributed by atoms with Crippen LogP contribution in [0.5, 0.6) is 0 Å². The maximum Gasteiger partial charge on any atom is 0.224 e. The Labute approximate surface area is 108 Å². The highest BCUT2D eigenvalue weighted by Crippen LogP contribution is 2.34. The van der Waals surface area contributed by atoms with E-state index in [1.807, 2.05) is 0 Å². The zero-order chi connectivity index (χ0) is 11.0. The smallest absolute Gasteiger partial charge is 0.224 e. The van der Waals surface area contributed by atoms with Crippen LogP contribution in [0.25, 0.3) is 0 Å². The molecule has 4 atom stereocenters. The number of ether oxygens (including phenoxy) is 1. The molecule has 3 aliphatic rings. The molecule has 3 heterocycles. The van der Waals surface area contributed by atoms with Crippen LogP contribution in [0.4, 0.5) is 0 Å². The summed E-state index contributed by atoms with van der Waals surface area (Å²) in [6, 6.07) is 0.285. The van der Waals surface area contributed by atoms with Crippen molar-refractivity contribution in [1.82, 2.24) is 10.6 Å². The SMILES string of the molecule is Cl.O=C(NC1CC2CCC1O2)[C@@H]1CCCNC1. The van der Waals surface area contributed by atoms with Gasteiger partial charge in [-0.05, 0) is 38.6 Å². The molecule has 2 N–H and O–H groups in total. The molecule has 3 rings (SSSR count). The highest BCUT2D eigenvalue weighted by atomic mass is 35.5. The molecule has 0 spiro atoms. The summed E-state index contributed by atoms with van der Waals surface area (Å²) >= 11 is 0. The summed E-state index contributed by atoms with van der Waals surface area (Å²) in [5.41, 5.74) is 0. The molecule has 0 aromatic heterocycles. The minimum absolute atomic E-state index is 0. The fourth-order valence-corrected chi connectivity index (χ4v) is 3.17. The molecule has 3 fully saturated rings. The van der Waals surface area contributed by atoms with Crippen molar-refractivity contribution in [1.29, 1.82) is 0 Å². The summed E-state index contributed by atoms with van der Waals surface area (Å²) in [5.74, 6) is 0.404. The Morgan fingerprint density at radius 2 is 2.18 bits per heavy atom. The van der Waals surface area contributed by atoms with Crippen molar-refractivity contribution >= 4 is 18.3 Å². The van der Waals surface area contributed by atoms with Crippen LogP contribution >= 0.6 is 12.4 Å². The van der Waals surface area contributed by atoms with E-state index in [1.165, 1.54) is 6.42 Å². The number of nitrogens with one attached hydrogen (secondary N) is 2. The molecule has 98 valence electrons. The second-order valence-electron chi connectivity index (χ2n) is 5.27. The third-order valence-corrected chi connectivity index (χ3v) is 4.10. The summed E-state index contributed by atoms with van der Waals surface area (Å²) in [4.78, 5) is 12.0. The van der Waals surface area contributed by atoms with Gasteiger partial charge in [-0.2, -0.15) is 0 Å². The standard InChI is InChI=1S/C12H20N2O2.ClH/c15-12(8-2-1-5-13-7-8)14-10-6-9-3-4-11(10)16-9;/h8-11,13H,1-7H2,(H,14,15);1H/t8-,9?,10?,11?;/m1./s1. The Balaban J connectivity index is 0.00000108. The third-order valence-electron chi connectivity index (χ3n) is 4.10. The largest absolute Gasteiger partial charge is 0.373 e. The van der Waals surface area contributed by atoms with Crippen molar-refractivity contribution in [3.05, 3.63) is 0 Å². The summed E-state index contributed by atoms with van der Waals surface area (Å²) in [6.07, 6.45) is 6.19. The van der Waals surface area contributed by atoms with E-state index in [0.29, 0.717) is 12.2 Å². The predicted molar refractivity (Wildman–Crippen MR) is 67.3 cm³/mol. The van der Waals surface area contributed by atoms with Gasteiger partial charge in [0.15, 0.2) is 0 Å². The molecule has 3 saturated heterocycles. The lowest BCUT2D eigenvalue weighted by Gasteiger charge is -2.26. The van der Waals surface area contributed by atoms with Gasteiger partial charge in [0, 0.05) is 6.54 Å². The minimum atomic E-state index is 0. The Hall–Kier alpha value is -0.320. The number of halogens is 1. The Bertz CT molecular complexity index is 282. The normalized spacial score (nSPS) is 39.8. The summed E-state index contributed by atoms with van der Waals surface area (Å²) < 4.78 is 5.74. The van der Waals surface area contributed by atoms with Gasteiger partial charge in [0.25, 0.3) is 0 Å². The fraction of sp³-hybridized carbons (Fsp3) is 0.917. The Morgan fingerprint density at radius 1 is 1.29 bits per heavy atom. The van der Waals surface area contributed by atoms with Crippen LogP contribution in [-0.2, 0) is 9.53 Å². The van der Waals surface area contributed by atoms with Crippen molar-refractivity contribution in [3.8, 4) is 0 Å². The van der Waals surface area contributed by atoms with E-state index < -0.39 is 0 Å². The second-order valence-corrected chi connectivity index (χ2v) is 5.27. The van der Waals surface area contributed by atoms with Crippen LogP contribution in [0.15, 0.2) is 0 Å². The van der Waals surface area contributed by atoms with Crippen molar-refractivity contribution < 1.29 is 9.53 Å². The first kappa shape index (κ1) is 13.1. The summed E-state index contributed by atoms with van der Waals surface area (Å²) in [6.45, 7) is 1.90. The van der Waals surface area contributed by atoms with Gasteiger partial charge in [-0.3, -0.25) is 4.79 Å². The topological polar surface area (TPSA) is 50.4 Å². The molecule has 0 aromatic carbocycles. The summed E-state index contributed by atoms with van der Waals surface area (Å²) in [5, 5.41) is 6.46. The van der Waals surface area contributed by atoms with Crippen LogP contribution in [0, 0.1) is 5.92 Å². The Kier molecular flexibility index (Phi) is 4.28. The molecule has 0 radical (unpaired) electrons. The van der Waals surface area contributed by atoms with E-state index in [4.69, 9.17) is 4.74 Å². The highest BCUT2D eigenvalue weighted by Gasteiger charge is 2.41. The molecule has 3 unspecified atom stereocenters. The lowest BCUT2D eigenvalue weighted by molar-refractivity contribution is -0.126. The van der Waals surface area contributed by atoms with E-state index in [0.717, 1.165) is 38.8 Å². The quantitative estimate of drug-likeness (QED) is 0.774. The van der Waals surface area contributed by atoms with Crippen LogP contribution in [0.2, 0.25) is 0 Å². The minimum Gasteiger partial charge on any atom is -0.373 e. The van der Waals surface area contributed by atoms with Crippen molar-refractivity contribution in [2.75, 3.05) is 13.1 Å². The van der Waals surface area contributed by atoms with Crippen molar-refractivity contribution in [2.24, 2.45) is 5.92 Å². The number of rotatable bonds is 2. The van der Waals surface area contributed by atoms with Crippen LogP contribution in [0.1, 0.15) is 32.1 Å². The van der Waals surface area contributed by atoms with Gasteiger partial charge >= 0.3 is 0 Å². The van der Waals surface area contributed by atoms with Crippen LogP contribution in [-0.4, -0.2) is 37.2 Å². The van der Waals surface area contributed by atoms with Gasteiger partial charge in [-0.15, -0.1) is 12.4 Å². The lowest BCUT2D eigenvalue weighted by atomic mass is 9.93. The van der Waals surface area contributed by atoms with E-state index in [1.54, 1.807) is 0 Å². The summed E-state index contributed by atoms with van der Waals surface area (Å²) in [7, 11) is 0. The molecular formula is C12H21ClN2O2. The molecule has 0 aromatic rings. The maximum absolute atomic E-state index is 12.0. The molecule has 0 saturated carbocycles. The van der Waals surface area contributed by atoms with Gasteiger partial charge in [0.05, 0.1) is 24.2 Å². The average molecular weight is 261 g/mol. The molecule has 2 bridgehead atoms. The average Bonchev–Trinajstić information content (AvgIpc) is 2.92. The monoisotopic (exact) mass is 260 g/mol. The number of fused-ring (bicyclic) bond motifs is 2. The van der Waals surface area contributed by atoms with Gasteiger partial charge in [-0.25, -0.2) is 0 Å². The number of hydrogen-bond donors (Lipinski definition) is 2. The molecule has 0 aliphatic carbocycles. The highest BCUT2D eigenvalue weighted by molar-refractivity contribution is 5.85. The van der Waals surface area contributed by atoms with E-state index >= 15 is 0 Å². The van der Waals surface area contributed by atoms with E-state index in [9.17, 15) is 4.79 Å². The molecular weight excluding hydrogens is 240 g/mol. The lowest BCUT2D eigenvalue weighted by Crippen LogP contribution is -2.47.